The molecule has 0 radical (unpaired) electrons. The predicted molar refractivity (Wildman–Crippen MR) is 78.9 cm³/mol. The zero-order valence-electron chi connectivity index (χ0n) is 9.81. The van der Waals surface area contributed by atoms with Crippen LogP contribution in [-0.2, 0) is 6.54 Å². The van der Waals surface area contributed by atoms with Crippen LogP contribution >= 0.6 is 31.9 Å². The van der Waals surface area contributed by atoms with E-state index >= 15 is 0 Å². The standard InChI is InChI=1S/C11H11Br2N5O/c12-7-1-2-9(8(13)5-7)15-11(19)10-6-18(4-3-14)17-16-10/h1-2,5-6H,3-4,14H2,(H,15,19). The predicted octanol–water partition coefficient (Wildman–Crippen LogP) is 2.01. The van der Waals surface area contributed by atoms with Crippen LogP contribution in [0.25, 0.3) is 0 Å². The van der Waals surface area contributed by atoms with Gasteiger partial charge >= 0.3 is 0 Å². The van der Waals surface area contributed by atoms with Crippen molar-refractivity contribution in [3.8, 4) is 0 Å². The molecule has 1 heterocycles. The average Bonchev–Trinajstić information content (AvgIpc) is 2.82. The van der Waals surface area contributed by atoms with Gasteiger partial charge in [0.05, 0.1) is 18.4 Å². The topological polar surface area (TPSA) is 85.8 Å². The van der Waals surface area contributed by atoms with Crippen LogP contribution in [0.15, 0.2) is 33.3 Å². The number of nitrogens with zero attached hydrogens (tertiary/aromatic N) is 3. The summed E-state index contributed by atoms with van der Waals surface area (Å²) in [6, 6.07) is 5.48. The Labute approximate surface area is 126 Å². The summed E-state index contributed by atoms with van der Waals surface area (Å²) in [5.41, 5.74) is 6.32. The molecule has 1 aromatic carbocycles. The van der Waals surface area contributed by atoms with Crippen molar-refractivity contribution in [2.45, 2.75) is 6.54 Å². The summed E-state index contributed by atoms with van der Waals surface area (Å²) in [7, 11) is 0. The van der Waals surface area contributed by atoms with Gasteiger partial charge in [0.2, 0.25) is 0 Å². The number of benzene rings is 1. The summed E-state index contributed by atoms with van der Waals surface area (Å²) in [6.45, 7) is 0.977. The summed E-state index contributed by atoms with van der Waals surface area (Å²) in [5, 5.41) is 10.4. The number of nitrogens with two attached hydrogens (primary N) is 1. The minimum absolute atomic E-state index is 0.253. The molecule has 0 fully saturated rings. The Morgan fingerprint density at radius 1 is 1.42 bits per heavy atom. The van der Waals surface area contributed by atoms with Crippen molar-refractivity contribution in [2.75, 3.05) is 11.9 Å². The first-order valence-electron chi connectivity index (χ1n) is 5.47. The third kappa shape index (κ3) is 3.62. The van der Waals surface area contributed by atoms with Gasteiger partial charge in [0, 0.05) is 15.5 Å². The lowest BCUT2D eigenvalue weighted by Gasteiger charge is -2.05. The molecular weight excluding hydrogens is 378 g/mol. The number of rotatable bonds is 4. The zero-order chi connectivity index (χ0) is 13.8. The van der Waals surface area contributed by atoms with E-state index in [1.165, 1.54) is 4.68 Å². The van der Waals surface area contributed by atoms with E-state index in [1.807, 2.05) is 12.1 Å². The van der Waals surface area contributed by atoms with Crippen molar-refractivity contribution in [2.24, 2.45) is 5.73 Å². The lowest BCUT2D eigenvalue weighted by Crippen LogP contribution is -2.13. The fraction of sp³-hybridized carbons (Fsp3) is 0.182. The minimum atomic E-state index is -0.314. The number of amides is 1. The number of anilines is 1. The Morgan fingerprint density at radius 2 is 2.21 bits per heavy atom. The Balaban J connectivity index is 2.11. The Hall–Kier alpha value is -1.25. The number of aromatic nitrogens is 3. The van der Waals surface area contributed by atoms with E-state index in [-0.39, 0.29) is 11.6 Å². The van der Waals surface area contributed by atoms with Gasteiger partial charge in [0.1, 0.15) is 0 Å². The number of hydrogen-bond donors (Lipinski definition) is 2. The average molecular weight is 389 g/mol. The summed E-state index contributed by atoms with van der Waals surface area (Å²) in [6.07, 6.45) is 1.56. The van der Waals surface area contributed by atoms with Crippen LogP contribution in [0.1, 0.15) is 10.5 Å². The second kappa shape index (κ2) is 6.27. The lowest BCUT2D eigenvalue weighted by molar-refractivity contribution is 0.102. The van der Waals surface area contributed by atoms with Gasteiger partial charge in [-0.05, 0) is 34.1 Å². The van der Waals surface area contributed by atoms with E-state index in [0.29, 0.717) is 18.8 Å². The number of carbonyl (C=O) groups is 1. The highest BCUT2D eigenvalue weighted by Gasteiger charge is 2.12. The van der Waals surface area contributed by atoms with Crippen molar-refractivity contribution in [3.05, 3.63) is 39.0 Å². The second-order valence-corrected chi connectivity index (χ2v) is 5.50. The highest BCUT2D eigenvalue weighted by atomic mass is 79.9. The third-order valence-corrected chi connectivity index (χ3v) is 3.46. The van der Waals surface area contributed by atoms with Crippen molar-refractivity contribution in [1.82, 2.24) is 15.0 Å². The van der Waals surface area contributed by atoms with Crippen molar-refractivity contribution < 1.29 is 4.79 Å². The normalized spacial score (nSPS) is 10.5. The van der Waals surface area contributed by atoms with Gasteiger partial charge in [-0.15, -0.1) is 5.10 Å². The highest BCUT2D eigenvalue weighted by Crippen LogP contribution is 2.26. The number of hydrogen-bond acceptors (Lipinski definition) is 4. The summed E-state index contributed by atoms with van der Waals surface area (Å²) in [4.78, 5) is 12.0. The molecule has 8 heteroatoms. The van der Waals surface area contributed by atoms with Crippen LogP contribution in [0.5, 0.6) is 0 Å². The molecule has 100 valence electrons. The fourth-order valence-corrected chi connectivity index (χ4v) is 2.57. The smallest absolute Gasteiger partial charge is 0.277 e. The second-order valence-electron chi connectivity index (χ2n) is 3.73. The molecule has 0 spiro atoms. The van der Waals surface area contributed by atoms with Gasteiger partial charge in [0.25, 0.3) is 5.91 Å². The highest BCUT2D eigenvalue weighted by molar-refractivity contribution is 9.11. The molecule has 0 unspecified atom stereocenters. The van der Waals surface area contributed by atoms with Gasteiger partial charge in [-0.25, -0.2) is 0 Å². The molecule has 1 amide bonds. The van der Waals surface area contributed by atoms with Crippen LogP contribution in [0, 0.1) is 0 Å². The Kier molecular flexibility index (Phi) is 4.67. The molecule has 0 saturated heterocycles. The molecule has 1 aromatic heterocycles. The minimum Gasteiger partial charge on any atom is -0.329 e. The molecule has 3 N–H and O–H groups in total. The quantitative estimate of drug-likeness (QED) is 0.838. The Morgan fingerprint density at radius 3 is 2.89 bits per heavy atom. The third-order valence-electron chi connectivity index (χ3n) is 2.31. The van der Waals surface area contributed by atoms with Gasteiger partial charge in [-0.1, -0.05) is 21.1 Å². The van der Waals surface area contributed by atoms with E-state index in [9.17, 15) is 4.79 Å². The van der Waals surface area contributed by atoms with Gasteiger partial charge in [0.15, 0.2) is 5.69 Å². The number of carbonyl (C=O) groups excluding carboxylic acids is 1. The molecule has 6 nitrogen and oxygen atoms in total. The Bertz CT molecular complexity index is 599. The van der Waals surface area contributed by atoms with Crippen LogP contribution in [-0.4, -0.2) is 27.4 Å². The van der Waals surface area contributed by atoms with E-state index in [0.717, 1.165) is 8.95 Å². The van der Waals surface area contributed by atoms with Gasteiger partial charge < -0.3 is 11.1 Å². The maximum Gasteiger partial charge on any atom is 0.277 e. The van der Waals surface area contributed by atoms with Gasteiger partial charge in [-0.2, -0.15) is 0 Å². The maximum atomic E-state index is 12.0. The van der Waals surface area contributed by atoms with Crippen molar-refractivity contribution in [3.63, 3.8) is 0 Å². The van der Waals surface area contributed by atoms with E-state index < -0.39 is 0 Å². The first kappa shape index (κ1) is 14.2. The molecule has 2 rings (SSSR count). The lowest BCUT2D eigenvalue weighted by atomic mass is 10.3. The largest absolute Gasteiger partial charge is 0.329 e. The first-order chi connectivity index (χ1) is 9.10. The summed E-state index contributed by atoms with van der Waals surface area (Å²) in [5.74, 6) is -0.314. The molecule has 0 aliphatic heterocycles. The van der Waals surface area contributed by atoms with Crippen LogP contribution < -0.4 is 11.1 Å². The van der Waals surface area contributed by atoms with Crippen LogP contribution in [0.2, 0.25) is 0 Å². The SMILES string of the molecule is NCCn1cc(C(=O)Nc2ccc(Br)cc2Br)nn1. The number of halogens is 2. The summed E-state index contributed by atoms with van der Waals surface area (Å²) < 4.78 is 3.24. The molecule has 2 aromatic rings. The van der Waals surface area contributed by atoms with E-state index in [2.05, 4.69) is 47.5 Å². The zero-order valence-corrected chi connectivity index (χ0v) is 13.0. The molecular formula is C11H11Br2N5O. The van der Waals surface area contributed by atoms with E-state index in [4.69, 9.17) is 5.73 Å². The summed E-state index contributed by atoms with van der Waals surface area (Å²) >= 11 is 6.72. The molecule has 0 bridgehead atoms. The molecule has 0 aliphatic rings. The molecule has 0 atom stereocenters. The van der Waals surface area contributed by atoms with E-state index in [1.54, 1.807) is 12.3 Å². The van der Waals surface area contributed by atoms with Crippen LogP contribution in [0.4, 0.5) is 5.69 Å². The van der Waals surface area contributed by atoms with Gasteiger partial charge in [-0.3, -0.25) is 9.48 Å². The first-order valence-corrected chi connectivity index (χ1v) is 7.05. The monoisotopic (exact) mass is 387 g/mol. The maximum absolute atomic E-state index is 12.0. The van der Waals surface area contributed by atoms with Crippen molar-refractivity contribution >= 4 is 43.5 Å². The number of nitrogens with one attached hydrogen (secondary N) is 1. The fourth-order valence-electron chi connectivity index (χ4n) is 1.42. The van der Waals surface area contributed by atoms with Crippen molar-refractivity contribution in [1.29, 1.82) is 0 Å². The molecule has 0 aliphatic carbocycles. The molecule has 0 saturated carbocycles. The van der Waals surface area contributed by atoms with Crippen LogP contribution in [0.3, 0.4) is 0 Å². The molecule has 19 heavy (non-hydrogen) atoms.